The quantitative estimate of drug-likeness (QED) is 0.421. The first kappa shape index (κ1) is 6.20. The monoisotopic (exact) mass is 101 g/mol. The second-order valence-corrected chi connectivity index (χ2v) is 1.30. The van der Waals surface area contributed by atoms with Gasteiger partial charge in [0.25, 0.3) is 0 Å². The third-order valence-corrected chi connectivity index (χ3v) is 0.535. The minimum Gasteiger partial charge on any atom is -0.210 e. The number of hydrogen-bond acceptors (Lipinski definition) is 4. The SMILES string of the molecule is CC(CN=N)N=O. The van der Waals surface area contributed by atoms with Gasteiger partial charge in [-0.2, -0.15) is 10.0 Å². The van der Waals surface area contributed by atoms with Crippen molar-refractivity contribution in [2.75, 3.05) is 6.54 Å². The Bertz CT molecular complexity index is 72.6. The molecule has 0 saturated carbocycles. The molecule has 0 aliphatic carbocycles. The third-order valence-electron chi connectivity index (χ3n) is 0.535. The van der Waals surface area contributed by atoms with Crippen molar-refractivity contribution >= 4 is 0 Å². The fourth-order valence-corrected chi connectivity index (χ4v) is 0.165. The second-order valence-electron chi connectivity index (χ2n) is 1.30. The number of nitroso groups, excluding NO2 is 1. The highest BCUT2D eigenvalue weighted by Gasteiger charge is 1.94. The van der Waals surface area contributed by atoms with Crippen LogP contribution in [0.15, 0.2) is 10.3 Å². The molecule has 0 rings (SSSR count). The van der Waals surface area contributed by atoms with E-state index in [-0.39, 0.29) is 12.6 Å². The molecule has 0 radical (unpaired) electrons. The molecule has 1 atom stereocenters. The molecule has 0 aromatic carbocycles. The Labute approximate surface area is 41.4 Å². The van der Waals surface area contributed by atoms with Crippen LogP contribution in [0.3, 0.4) is 0 Å². The molecular formula is C3H7N3O. The summed E-state index contributed by atoms with van der Waals surface area (Å²) in [5, 5.41) is 5.58. The highest BCUT2D eigenvalue weighted by Crippen LogP contribution is 1.85. The van der Waals surface area contributed by atoms with Crippen LogP contribution < -0.4 is 0 Å². The van der Waals surface area contributed by atoms with Crippen molar-refractivity contribution in [2.24, 2.45) is 10.3 Å². The molecule has 0 fully saturated rings. The second kappa shape index (κ2) is 3.39. The van der Waals surface area contributed by atoms with Crippen LogP contribution in [0.2, 0.25) is 0 Å². The van der Waals surface area contributed by atoms with E-state index in [1.165, 1.54) is 0 Å². The molecule has 0 bridgehead atoms. The molecule has 1 unspecified atom stereocenters. The summed E-state index contributed by atoms with van der Waals surface area (Å²) in [5.41, 5.74) is 6.26. The Morgan fingerprint density at radius 3 is 2.57 bits per heavy atom. The first-order chi connectivity index (χ1) is 3.31. The van der Waals surface area contributed by atoms with Gasteiger partial charge in [-0.1, -0.05) is 5.18 Å². The average molecular weight is 101 g/mol. The molecule has 0 saturated heterocycles. The summed E-state index contributed by atoms with van der Waals surface area (Å²) in [6.45, 7) is 1.83. The van der Waals surface area contributed by atoms with E-state index in [1.807, 2.05) is 0 Å². The van der Waals surface area contributed by atoms with Crippen molar-refractivity contribution in [3.63, 3.8) is 0 Å². The van der Waals surface area contributed by atoms with Crippen LogP contribution in [0, 0.1) is 10.4 Å². The summed E-state index contributed by atoms with van der Waals surface area (Å²) in [6.07, 6.45) is 0. The maximum Gasteiger partial charge on any atom is 0.110 e. The molecule has 0 aliphatic rings. The summed E-state index contributed by atoms with van der Waals surface area (Å²) in [4.78, 5) is 9.50. The van der Waals surface area contributed by atoms with Crippen molar-refractivity contribution in [1.82, 2.24) is 0 Å². The standard InChI is InChI=1S/C3H7N3O/c1-3(6-7)2-5-4/h3-4H,2H2,1H3. The first-order valence-corrected chi connectivity index (χ1v) is 1.97. The zero-order valence-electron chi connectivity index (χ0n) is 4.09. The minimum atomic E-state index is -0.336. The molecule has 4 nitrogen and oxygen atoms in total. The van der Waals surface area contributed by atoms with Crippen molar-refractivity contribution in [1.29, 1.82) is 5.53 Å². The molecule has 0 heterocycles. The van der Waals surface area contributed by atoms with Crippen molar-refractivity contribution in [3.8, 4) is 0 Å². The van der Waals surface area contributed by atoms with Gasteiger partial charge >= 0.3 is 0 Å². The van der Waals surface area contributed by atoms with Gasteiger partial charge in [0.15, 0.2) is 0 Å². The molecular weight excluding hydrogens is 94.1 g/mol. The van der Waals surface area contributed by atoms with Gasteiger partial charge in [0.2, 0.25) is 0 Å². The van der Waals surface area contributed by atoms with Crippen LogP contribution in [0.1, 0.15) is 6.92 Å². The predicted molar refractivity (Wildman–Crippen MR) is 25.3 cm³/mol. The van der Waals surface area contributed by atoms with E-state index in [9.17, 15) is 4.91 Å². The van der Waals surface area contributed by atoms with Gasteiger partial charge in [-0.3, -0.25) is 0 Å². The normalized spacial score (nSPS) is 12.7. The van der Waals surface area contributed by atoms with Crippen molar-refractivity contribution in [3.05, 3.63) is 4.91 Å². The fourth-order valence-electron chi connectivity index (χ4n) is 0.165. The van der Waals surface area contributed by atoms with Crippen LogP contribution in [0.4, 0.5) is 0 Å². The van der Waals surface area contributed by atoms with Gasteiger partial charge < -0.3 is 0 Å². The molecule has 0 aliphatic heterocycles. The van der Waals surface area contributed by atoms with Crippen LogP contribution >= 0.6 is 0 Å². The van der Waals surface area contributed by atoms with E-state index in [4.69, 9.17) is 5.53 Å². The summed E-state index contributed by atoms with van der Waals surface area (Å²) in [7, 11) is 0. The fraction of sp³-hybridized carbons (Fsp3) is 1.00. The number of nitrogens with one attached hydrogen (secondary N) is 1. The van der Waals surface area contributed by atoms with Crippen LogP contribution in [0.5, 0.6) is 0 Å². The molecule has 4 heteroatoms. The highest BCUT2D eigenvalue weighted by molar-refractivity contribution is 4.57. The molecule has 40 valence electrons. The average Bonchev–Trinajstić information content (AvgIpc) is 1.68. The zero-order chi connectivity index (χ0) is 5.70. The smallest absolute Gasteiger partial charge is 0.110 e. The lowest BCUT2D eigenvalue weighted by Crippen LogP contribution is -1.99. The van der Waals surface area contributed by atoms with Crippen LogP contribution in [-0.2, 0) is 0 Å². The van der Waals surface area contributed by atoms with Gasteiger partial charge in [0.1, 0.15) is 6.04 Å². The van der Waals surface area contributed by atoms with E-state index >= 15 is 0 Å². The van der Waals surface area contributed by atoms with E-state index in [0.717, 1.165) is 0 Å². The Kier molecular flexibility index (Phi) is 3.00. The summed E-state index contributed by atoms with van der Waals surface area (Å²) < 4.78 is 0. The highest BCUT2D eigenvalue weighted by atomic mass is 16.3. The van der Waals surface area contributed by atoms with Gasteiger partial charge in [0.05, 0.1) is 6.54 Å². The summed E-state index contributed by atoms with van der Waals surface area (Å²) in [5.74, 6) is 0. The first-order valence-electron chi connectivity index (χ1n) is 1.97. The summed E-state index contributed by atoms with van der Waals surface area (Å²) >= 11 is 0. The summed E-state index contributed by atoms with van der Waals surface area (Å²) in [6, 6.07) is -0.336. The van der Waals surface area contributed by atoms with Crippen LogP contribution in [0.25, 0.3) is 0 Å². The van der Waals surface area contributed by atoms with Gasteiger partial charge in [-0.05, 0) is 6.92 Å². The predicted octanol–water partition coefficient (Wildman–Crippen LogP) is 1.17. The largest absolute Gasteiger partial charge is 0.210 e. The number of nitrogens with zero attached hydrogens (tertiary/aromatic N) is 2. The topological polar surface area (TPSA) is 65.6 Å². The van der Waals surface area contributed by atoms with Gasteiger partial charge in [-0.15, -0.1) is 0 Å². The number of hydrogen-bond donors (Lipinski definition) is 1. The molecule has 1 N–H and O–H groups in total. The lowest BCUT2D eigenvalue weighted by molar-refractivity contribution is 0.711. The van der Waals surface area contributed by atoms with Gasteiger partial charge in [-0.25, -0.2) is 5.53 Å². The maximum atomic E-state index is 9.50. The zero-order valence-corrected chi connectivity index (χ0v) is 4.09. The van der Waals surface area contributed by atoms with Crippen molar-refractivity contribution in [2.45, 2.75) is 13.0 Å². The molecule has 0 amide bonds. The lowest BCUT2D eigenvalue weighted by atomic mass is 10.4. The Morgan fingerprint density at radius 1 is 1.86 bits per heavy atom. The lowest BCUT2D eigenvalue weighted by Gasteiger charge is -1.88. The molecule has 0 spiro atoms. The minimum absolute atomic E-state index is 0.212. The van der Waals surface area contributed by atoms with E-state index in [1.54, 1.807) is 6.92 Å². The molecule has 0 aromatic rings. The molecule has 0 aromatic heterocycles. The van der Waals surface area contributed by atoms with E-state index in [2.05, 4.69) is 10.3 Å². The third kappa shape index (κ3) is 3.02. The maximum absolute atomic E-state index is 9.50. The Morgan fingerprint density at radius 2 is 2.43 bits per heavy atom. The van der Waals surface area contributed by atoms with Crippen LogP contribution in [-0.4, -0.2) is 12.6 Å². The van der Waals surface area contributed by atoms with Crippen molar-refractivity contribution < 1.29 is 0 Å². The Balaban J connectivity index is 3.15. The Hall–Kier alpha value is -0.800. The van der Waals surface area contributed by atoms with E-state index in [0.29, 0.717) is 0 Å². The van der Waals surface area contributed by atoms with E-state index < -0.39 is 0 Å². The number of rotatable bonds is 3. The van der Waals surface area contributed by atoms with Gasteiger partial charge in [0, 0.05) is 0 Å². The molecule has 7 heavy (non-hydrogen) atoms.